The Morgan fingerprint density at radius 3 is 2.05 bits per heavy atom. The molecule has 2 heteroatoms. The molecule has 0 saturated heterocycles. The minimum absolute atomic E-state index is 0.271. The summed E-state index contributed by atoms with van der Waals surface area (Å²) in [7, 11) is 3.72. The maximum atomic E-state index is 5.62. The van der Waals surface area contributed by atoms with Gasteiger partial charge in [-0.05, 0) is 38.0 Å². The van der Waals surface area contributed by atoms with Gasteiger partial charge in [0.15, 0.2) is 0 Å². The number of methoxy groups -OCH3 is 2. The van der Waals surface area contributed by atoms with Crippen LogP contribution in [0, 0.1) is 5.92 Å². The first-order valence-corrected chi connectivity index (χ1v) is 9.29. The molecule has 2 fully saturated rings. The van der Waals surface area contributed by atoms with Gasteiger partial charge in [-0.15, -0.1) is 0 Å². The van der Waals surface area contributed by atoms with Gasteiger partial charge >= 0.3 is 0 Å². The molecule has 0 aromatic carbocycles. The number of hydrogen-bond acceptors (Lipinski definition) is 2. The fourth-order valence-corrected chi connectivity index (χ4v) is 4.16. The molecule has 0 aromatic rings. The molecule has 0 aliphatic heterocycles. The molecule has 0 amide bonds. The van der Waals surface area contributed by atoms with Gasteiger partial charge in [0.05, 0.1) is 11.7 Å². The van der Waals surface area contributed by atoms with Gasteiger partial charge in [-0.2, -0.15) is 0 Å². The lowest BCUT2D eigenvalue weighted by atomic mass is 9.81. The number of rotatable bonds is 5. The highest BCUT2D eigenvalue weighted by Gasteiger charge is 2.30. The van der Waals surface area contributed by atoms with E-state index in [0.29, 0.717) is 6.10 Å². The monoisotopic (exact) mass is 298 g/mol. The highest BCUT2D eigenvalue weighted by molar-refractivity contribution is 4.83. The van der Waals surface area contributed by atoms with Crippen LogP contribution in [0.15, 0.2) is 0 Å². The molecule has 0 bridgehead atoms. The Morgan fingerprint density at radius 1 is 0.905 bits per heavy atom. The lowest BCUT2D eigenvalue weighted by Gasteiger charge is -2.35. The summed E-state index contributed by atoms with van der Waals surface area (Å²) in [6.45, 7) is 4.51. The smallest absolute Gasteiger partial charge is 0.0678 e. The van der Waals surface area contributed by atoms with Crippen LogP contribution in [-0.2, 0) is 9.47 Å². The zero-order valence-corrected chi connectivity index (χ0v) is 15.0. The molecule has 2 unspecified atom stereocenters. The predicted molar refractivity (Wildman–Crippen MR) is 90.8 cm³/mol. The molecule has 2 nitrogen and oxygen atoms in total. The molecule has 2 atom stereocenters. The van der Waals surface area contributed by atoms with E-state index in [1.807, 2.05) is 14.2 Å². The molecule has 0 N–H and O–H groups in total. The van der Waals surface area contributed by atoms with Crippen molar-refractivity contribution in [3.8, 4) is 0 Å². The van der Waals surface area contributed by atoms with Gasteiger partial charge < -0.3 is 9.47 Å². The summed E-state index contributed by atoms with van der Waals surface area (Å²) in [5.74, 6) is 0.846. The van der Waals surface area contributed by atoms with Crippen molar-refractivity contribution in [2.75, 3.05) is 14.2 Å². The van der Waals surface area contributed by atoms with Crippen molar-refractivity contribution in [1.29, 1.82) is 0 Å². The molecule has 21 heavy (non-hydrogen) atoms. The van der Waals surface area contributed by atoms with Crippen LogP contribution in [0.25, 0.3) is 0 Å². The topological polar surface area (TPSA) is 18.5 Å². The van der Waals surface area contributed by atoms with Crippen molar-refractivity contribution in [2.45, 2.75) is 103 Å². The lowest BCUT2D eigenvalue weighted by molar-refractivity contribution is -0.0458. The molecular formula is C19H38O2. The van der Waals surface area contributed by atoms with E-state index in [1.54, 1.807) is 0 Å². The Bertz CT molecular complexity index is 228. The Kier molecular flexibility index (Phi) is 9.59. The van der Waals surface area contributed by atoms with E-state index in [9.17, 15) is 0 Å². The van der Waals surface area contributed by atoms with Crippen molar-refractivity contribution in [2.24, 2.45) is 5.92 Å². The normalized spacial score (nSPS) is 28.6. The van der Waals surface area contributed by atoms with Crippen LogP contribution in [-0.4, -0.2) is 25.9 Å². The predicted octanol–water partition coefficient (Wildman–Crippen LogP) is 5.74. The highest BCUT2D eigenvalue weighted by Crippen LogP contribution is 2.34. The average Bonchev–Trinajstić information content (AvgIpc) is 2.56. The summed E-state index contributed by atoms with van der Waals surface area (Å²) in [5, 5.41) is 0. The van der Waals surface area contributed by atoms with Gasteiger partial charge in [0.2, 0.25) is 0 Å². The first-order valence-electron chi connectivity index (χ1n) is 9.29. The van der Waals surface area contributed by atoms with Gasteiger partial charge in [-0.3, -0.25) is 0 Å². The average molecular weight is 299 g/mol. The summed E-state index contributed by atoms with van der Waals surface area (Å²) in [5.41, 5.74) is 0.271. The molecule has 0 aromatic heterocycles. The fourth-order valence-electron chi connectivity index (χ4n) is 4.16. The van der Waals surface area contributed by atoms with E-state index in [4.69, 9.17) is 9.47 Å². The molecule has 0 radical (unpaired) electrons. The Hall–Kier alpha value is -0.0800. The molecule has 2 rings (SSSR count). The molecule has 2 aliphatic carbocycles. The number of hydrogen-bond donors (Lipinski definition) is 0. The standard InChI is InChI=1S/C10H20O.C9H18O/c1-3-7-10(11-2)8-5-4-6-9-10;1-3-8-6-4-5-7-9(8)10-2/h3-9H2,1-2H3;8-9H,3-7H2,1-2H3. The summed E-state index contributed by atoms with van der Waals surface area (Å²) < 4.78 is 11.0. The zero-order valence-electron chi connectivity index (χ0n) is 15.0. The molecule has 2 saturated carbocycles. The number of ether oxygens (including phenoxy) is 2. The summed E-state index contributed by atoms with van der Waals surface area (Å²) in [6, 6.07) is 0. The first kappa shape index (κ1) is 19.0. The van der Waals surface area contributed by atoms with Gasteiger partial charge in [-0.25, -0.2) is 0 Å². The van der Waals surface area contributed by atoms with E-state index in [2.05, 4.69) is 13.8 Å². The minimum Gasteiger partial charge on any atom is -0.381 e. The van der Waals surface area contributed by atoms with E-state index >= 15 is 0 Å². The Morgan fingerprint density at radius 2 is 1.57 bits per heavy atom. The second-order valence-electron chi connectivity index (χ2n) is 6.92. The van der Waals surface area contributed by atoms with Crippen LogP contribution in [0.3, 0.4) is 0 Å². The van der Waals surface area contributed by atoms with Crippen LogP contribution in [0.2, 0.25) is 0 Å². The maximum absolute atomic E-state index is 5.62. The van der Waals surface area contributed by atoms with Gasteiger partial charge in [0.1, 0.15) is 0 Å². The lowest BCUT2D eigenvalue weighted by Crippen LogP contribution is -2.33. The van der Waals surface area contributed by atoms with Crippen LogP contribution in [0.4, 0.5) is 0 Å². The fraction of sp³-hybridized carbons (Fsp3) is 1.00. The third kappa shape index (κ3) is 6.28. The Balaban J connectivity index is 0.000000211. The zero-order chi connectivity index (χ0) is 15.6. The van der Waals surface area contributed by atoms with Crippen LogP contribution < -0.4 is 0 Å². The van der Waals surface area contributed by atoms with Gasteiger partial charge in [0, 0.05) is 14.2 Å². The highest BCUT2D eigenvalue weighted by atomic mass is 16.5. The van der Waals surface area contributed by atoms with Crippen molar-refractivity contribution >= 4 is 0 Å². The van der Waals surface area contributed by atoms with Crippen molar-refractivity contribution < 1.29 is 9.47 Å². The maximum Gasteiger partial charge on any atom is 0.0678 e. The van der Waals surface area contributed by atoms with Crippen molar-refractivity contribution in [3.63, 3.8) is 0 Å². The molecule has 0 spiro atoms. The molecule has 2 aliphatic rings. The van der Waals surface area contributed by atoms with Gasteiger partial charge in [-0.1, -0.05) is 58.8 Å². The Labute approximate surface area is 133 Å². The first-order chi connectivity index (χ1) is 10.2. The largest absolute Gasteiger partial charge is 0.381 e. The van der Waals surface area contributed by atoms with E-state index in [-0.39, 0.29) is 5.60 Å². The second kappa shape index (κ2) is 10.6. The molecule has 126 valence electrons. The third-order valence-corrected chi connectivity index (χ3v) is 5.57. The van der Waals surface area contributed by atoms with Gasteiger partial charge in [0.25, 0.3) is 0 Å². The quantitative estimate of drug-likeness (QED) is 0.644. The van der Waals surface area contributed by atoms with Crippen LogP contribution in [0.1, 0.15) is 90.9 Å². The van der Waals surface area contributed by atoms with Crippen LogP contribution >= 0.6 is 0 Å². The van der Waals surface area contributed by atoms with E-state index in [1.165, 1.54) is 77.0 Å². The second-order valence-corrected chi connectivity index (χ2v) is 6.92. The molecular weight excluding hydrogens is 260 g/mol. The molecule has 0 heterocycles. The summed E-state index contributed by atoms with van der Waals surface area (Å²) in [4.78, 5) is 0. The van der Waals surface area contributed by atoms with Crippen molar-refractivity contribution in [3.05, 3.63) is 0 Å². The third-order valence-electron chi connectivity index (χ3n) is 5.57. The van der Waals surface area contributed by atoms with E-state index < -0.39 is 0 Å². The van der Waals surface area contributed by atoms with E-state index in [0.717, 1.165) is 5.92 Å². The SMILES string of the molecule is CCC1CCCCC1OC.CCCC1(OC)CCCCC1. The van der Waals surface area contributed by atoms with Crippen molar-refractivity contribution in [1.82, 2.24) is 0 Å². The minimum atomic E-state index is 0.271. The summed E-state index contributed by atoms with van der Waals surface area (Å²) in [6.07, 6.45) is 16.6. The summed E-state index contributed by atoms with van der Waals surface area (Å²) >= 11 is 0. The van der Waals surface area contributed by atoms with Crippen LogP contribution in [0.5, 0.6) is 0 Å².